The molecule has 22 heavy (non-hydrogen) atoms. The Morgan fingerprint density at radius 3 is 2.00 bits per heavy atom. The molecular weight excluding hydrogens is 282 g/mol. The lowest BCUT2D eigenvalue weighted by Gasteiger charge is -2.07. The summed E-state index contributed by atoms with van der Waals surface area (Å²) in [5.41, 5.74) is 1.69. The average Bonchev–Trinajstić information content (AvgIpc) is 2.56. The molecule has 0 spiro atoms. The topological polar surface area (TPSA) is 56.8 Å². The predicted molar refractivity (Wildman–Crippen MR) is 84.3 cm³/mol. The maximum Gasteiger partial charge on any atom is 0.250 e. The fraction of sp³-hybridized carbons (Fsp3) is 0.235. The van der Waals surface area contributed by atoms with Crippen LogP contribution in [0, 0.1) is 0 Å². The molecule has 0 saturated carbocycles. The zero-order valence-corrected chi connectivity index (χ0v) is 12.7. The van der Waals surface area contributed by atoms with Gasteiger partial charge in [-0.1, -0.05) is 12.1 Å². The number of ether oxygens (including phenoxy) is 3. The summed E-state index contributed by atoms with van der Waals surface area (Å²) in [6, 6.07) is 14.6. The molecule has 116 valence electrons. The van der Waals surface area contributed by atoms with E-state index in [1.54, 1.807) is 38.5 Å². The van der Waals surface area contributed by atoms with Crippen molar-refractivity contribution in [2.45, 2.75) is 6.61 Å². The summed E-state index contributed by atoms with van der Waals surface area (Å²) < 4.78 is 15.5. The van der Waals surface area contributed by atoms with Gasteiger partial charge in [-0.3, -0.25) is 4.79 Å². The van der Waals surface area contributed by atoms with Crippen molar-refractivity contribution in [1.29, 1.82) is 0 Å². The van der Waals surface area contributed by atoms with Gasteiger partial charge in [-0.2, -0.15) is 0 Å². The monoisotopic (exact) mass is 301 g/mol. The number of hydrogen-bond acceptors (Lipinski definition) is 4. The molecule has 1 N–H and O–H groups in total. The lowest BCUT2D eigenvalue weighted by Crippen LogP contribution is -2.18. The van der Waals surface area contributed by atoms with E-state index in [0.29, 0.717) is 12.3 Å². The first kappa shape index (κ1) is 15.9. The van der Waals surface area contributed by atoms with Gasteiger partial charge in [-0.25, -0.2) is 0 Å². The Morgan fingerprint density at radius 1 is 0.909 bits per heavy atom. The van der Waals surface area contributed by atoms with E-state index in [4.69, 9.17) is 14.2 Å². The van der Waals surface area contributed by atoms with Gasteiger partial charge in [-0.15, -0.1) is 0 Å². The second-order valence-electron chi connectivity index (χ2n) is 4.62. The Hall–Kier alpha value is -2.53. The highest BCUT2D eigenvalue weighted by molar-refractivity contribution is 5.91. The second-order valence-corrected chi connectivity index (χ2v) is 4.62. The van der Waals surface area contributed by atoms with Crippen LogP contribution in [0.3, 0.4) is 0 Å². The van der Waals surface area contributed by atoms with Crippen LogP contribution in [-0.2, 0) is 16.1 Å². The molecule has 5 nitrogen and oxygen atoms in total. The second kappa shape index (κ2) is 8.05. The number of rotatable bonds is 7. The van der Waals surface area contributed by atoms with Gasteiger partial charge in [-0.05, 0) is 42.0 Å². The van der Waals surface area contributed by atoms with Gasteiger partial charge in [0.05, 0.1) is 20.8 Å². The number of anilines is 1. The smallest absolute Gasteiger partial charge is 0.250 e. The van der Waals surface area contributed by atoms with Gasteiger partial charge in [0.25, 0.3) is 0 Å². The minimum absolute atomic E-state index is 0.00193. The van der Waals surface area contributed by atoms with Crippen molar-refractivity contribution in [3.63, 3.8) is 0 Å². The van der Waals surface area contributed by atoms with E-state index in [-0.39, 0.29) is 12.5 Å². The van der Waals surface area contributed by atoms with E-state index < -0.39 is 0 Å². The number of nitrogens with one attached hydrogen (secondary N) is 1. The molecule has 0 heterocycles. The summed E-state index contributed by atoms with van der Waals surface area (Å²) >= 11 is 0. The quantitative estimate of drug-likeness (QED) is 0.854. The molecule has 1 amide bonds. The number of amides is 1. The zero-order valence-electron chi connectivity index (χ0n) is 12.7. The van der Waals surface area contributed by atoms with E-state index >= 15 is 0 Å². The van der Waals surface area contributed by atoms with Gasteiger partial charge in [0, 0.05) is 5.69 Å². The molecule has 5 heteroatoms. The molecule has 0 aliphatic rings. The van der Waals surface area contributed by atoms with Gasteiger partial charge in [0.1, 0.15) is 18.1 Å². The minimum atomic E-state index is -0.196. The van der Waals surface area contributed by atoms with Crippen LogP contribution in [0.2, 0.25) is 0 Å². The Morgan fingerprint density at radius 2 is 1.45 bits per heavy atom. The third kappa shape index (κ3) is 4.79. The molecule has 0 radical (unpaired) electrons. The van der Waals surface area contributed by atoms with Crippen LogP contribution >= 0.6 is 0 Å². The molecule has 0 aromatic heterocycles. The highest BCUT2D eigenvalue weighted by Crippen LogP contribution is 2.15. The van der Waals surface area contributed by atoms with Crippen molar-refractivity contribution >= 4 is 11.6 Å². The van der Waals surface area contributed by atoms with Crippen LogP contribution in [0.5, 0.6) is 11.5 Å². The van der Waals surface area contributed by atoms with E-state index in [1.807, 2.05) is 24.3 Å². The van der Waals surface area contributed by atoms with Crippen molar-refractivity contribution in [2.75, 3.05) is 26.1 Å². The Kier molecular flexibility index (Phi) is 5.80. The Labute approximate surface area is 129 Å². The molecule has 0 aliphatic heterocycles. The van der Waals surface area contributed by atoms with Crippen LogP contribution in [0.1, 0.15) is 5.56 Å². The molecule has 0 aliphatic carbocycles. The van der Waals surface area contributed by atoms with Crippen LogP contribution in [-0.4, -0.2) is 26.7 Å². The molecule has 2 rings (SSSR count). The van der Waals surface area contributed by atoms with E-state index in [0.717, 1.165) is 17.1 Å². The zero-order chi connectivity index (χ0) is 15.8. The van der Waals surface area contributed by atoms with E-state index in [2.05, 4.69) is 5.32 Å². The number of carbonyl (C=O) groups is 1. The van der Waals surface area contributed by atoms with Gasteiger partial charge in [0.2, 0.25) is 5.91 Å². The van der Waals surface area contributed by atoms with Gasteiger partial charge < -0.3 is 19.5 Å². The standard InChI is InChI=1S/C17H19NO4/c1-20-15-7-3-13(4-8-15)11-22-12-17(19)18-14-5-9-16(21-2)10-6-14/h3-10H,11-12H2,1-2H3,(H,18,19). The Balaban J connectivity index is 1.74. The number of carbonyl (C=O) groups excluding carboxylic acids is 1. The molecule has 0 unspecified atom stereocenters. The molecular formula is C17H19NO4. The molecule has 0 atom stereocenters. The summed E-state index contributed by atoms with van der Waals surface area (Å²) in [4.78, 5) is 11.8. The third-order valence-electron chi connectivity index (χ3n) is 3.03. The molecule has 0 saturated heterocycles. The van der Waals surface area contributed by atoms with Crippen molar-refractivity contribution in [3.05, 3.63) is 54.1 Å². The summed E-state index contributed by atoms with van der Waals surface area (Å²) in [5, 5.41) is 2.76. The SMILES string of the molecule is COc1ccc(COCC(=O)Nc2ccc(OC)cc2)cc1. The molecule has 2 aromatic carbocycles. The minimum Gasteiger partial charge on any atom is -0.497 e. The summed E-state index contributed by atoms with van der Waals surface area (Å²) in [6.07, 6.45) is 0. The first-order valence-corrected chi connectivity index (χ1v) is 6.86. The molecule has 2 aromatic rings. The summed E-state index contributed by atoms with van der Waals surface area (Å²) in [7, 11) is 3.22. The number of benzene rings is 2. The van der Waals surface area contributed by atoms with Crippen molar-refractivity contribution in [2.24, 2.45) is 0 Å². The van der Waals surface area contributed by atoms with Crippen molar-refractivity contribution in [3.8, 4) is 11.5 Å². The maximum atomic E-state index is 11.8. The highest BCUT2D eigenvalue weighted by Gasteiger charge is 2.03. The van der Waals surface area contributed by atoms with Crippen LogP contribution < -0.4 is 14.8 Å². The van der Waals surface area contributed by atoms with Gasteiger partial charge >= 0.3 is 0 Å². The summed E-state index contributed by atoms with van der Waals surface area (Å²) in [6.45, 7) is 0.373. The number of hydrogen-bond donors (Lipinski definition) is 1. The Bertz CT molecular complexity index is 593. The van der Waals surface area contributed by atoms with Crippen LogP contribution in [0.4, 0.5) is 5.69 Å². The fourth-order valence-corrected chi connectivity index (χ4v) is 1.85. The average molecular weight is 301 g/mol. The fourth-order valence-electron chi connectivity index (χ4n) is 1.85. The highest BCUT2D eigenvalue weighted by atomic mass is 16.5. The first-order valence-electron chi connectivity index (χ1n) is 6.86. The first-order chi connectivity index (χ1) is 10.7. The van der Waals surface area contributed by atoms with Gasteiger partial charge in [0.15, 0.2) is 0 Å². The normalized spacial score (nSPS) is 10.1. The van der Waals surface area contributed by atoms with Crippen LogP contribution in [0.15, 0.2) is 48.5 Å². The lowest BCUT2D eigenvalue weighted by atomic mass is 10.2. The van der Waals surface area contributed by atoms with E-state index in [9.17, 15) is 4.79 Å². The van der Waals surface area contributed by atoms with Crippen molar-refractivity contribution < 1.29 is 19.0 Å². The van der Waals surface area contributed by atoms with Crippen LogP contribution in [0.25, 0.3) is 0 Å². The predicted octanol–water partition coefficient (Wildman–Crippen LogP) is 2.86. The van der Waals surface area contributed by atoms with Crippen molar-refractivity contribution in [1.82, 2.24) is 0 Å². The maximum absolute atomic E-state index is 11.8. The third-order valence-corrected chi connectivity index (χ3v) is 3.03. The van der Waals surface area contributed by atoms with E-state index in [1.165, 1.54) is 0 Å². The lowest BCUT2D eigenvalue weighted by molar-refractivity contribution is -0.121. The largest absolute Gasteiger partial charge is 0.497 e. The molecule has 0 bridgehead atoms. The summed E-state index contributed by atoms with van der Waals surface area (Å²) in [5.74, 6) is 1.34. The number of methoxy groups -OCH3 is 2. The molecule has 0 fully saturated rings.